The number of nitrogens with zero attached hydrogens (tertiary/aromatic N) is 3. The van der Waals surface area contributed by atoms with Gasteiger partial charge < -0.3 is 4.98 Å². The molecule has 0 unspecified atom stereocenters. The van der Waals surface area contributed by atoms with Crippen LogP contribution in [0.4, 0.5) is 0 Å². The van der Waals surface area contributed by atoms with Crippen molar-refractivity contribution < 1.29 is 0 Å². The molecule has 0 spiro atoms. The molecule has 0 aliphatic carbocycles. The summed E-state index contributed by atoms with van der Waals surface area (Å²) in [6, 6.07) is 0.578. The fourth-order valence-corrected chi connectivity index (χ4v) is 2.35. The van der Waals surface area contributed by atoms with Crippen molar-refractivity contribution in [1.82, 2.24) is 19.9 Å². The fraction of sp³-hybridized carbons (Fsp3) is 0.500. The molecule has 0 saturated carbocycles. The molecule has 4 nitrogen and oxygen atoms in total. The van der Waals surface area contributed by atoms with Crippen LogP contribution in [0.25, 0.3) is 11.2 Å². The van der Waals surface area contributed by atoms with Crippen molar-refractivity contribution in [3.8, 4) is 0 Å². The lowest BCUT2D eigenvalue weighted by Crippen LogP contribution is -2.34. The Kier molecular flexibility index (Phi) is 2.01. The molecule has 2 aromatic heterocycles. The molecule has 0 saturated heterocycles. The van der Waals surface area contributed by atoms with Gasteiger partial charge in [-0.3, -0.25) is 4.90 Å². The zero-order valence-electron chi connectivity index (χ0n) is 9.91. The summed E-state index contributed by atoms with van der Waals surface area (Å²) in [5.41, 5.74) is 5.62. The Hall–Kier alpha value is -1.42. The van der Waals surface area contributed by atoms with Gasteiger partial charge in [0, 0.05) is 23.8 Å². The minimum Gasteiger partial charge on any atom is -0.340 e. The van der Waals surface area contributed by atoms with Gasteiger partial charge in [0.25, 0.3) is 0 Å². The van der Waals surface area contributed by atoms with Crippen molar-refractivity contribution in [2.75, 3.05) is 7.05 Å². The molecule has 3 heterocycles. The molecule has 1 N–H and O–H groups in total. The summed E-state index contributed by atoms with van der Waals surface area (Å²) in [4.78, 5) is 14.7. The molecule has 0 aromatic carbocycles. The van der Waals surface area contributed by atoms with Gasteiger partial charge in [0.2, 0.25) is 0 Å². The third-order valence-electron chi connectivity index (χ3n) is 3.47. The van der Waals surface area contributed by atoms with E-state index in [0.29, 0.717) is 6.04 Å². The van der Waals surface area contributed by atoms with E-state index in [2.05, 4.69) is 33.8 Å². The van der Waals surface area contributed by atoms with Crippen LogP contribution in [0.1, 0.15) is 23.9 Å². The van der Waals surface area contributed by atoms with Gasteiger partial charge in [-0.15, -0.1) is 0 Å². The van der Waals surface area contributed by atoms with Crippen LogP contribution in [0.3, 0.4) is 0 Å². The molecular weight excluding hydrogens is 200 g/mol. The number of likely N-dealkylation sites (N-methyl/N-ethyl adjacent to an activating group) is 1. The van der Waals surface area contributed by atoms with E-state index in [1.807, 2.05) is 13.1 Å². The van der Waals surface area contributed by atoms with E-state index in [-0.39, 0.29) is 0 Å². The number of aryl methyl sites for hydroxylation is 1. The summed E-state index contributed by atoms with van der Waals surface area (Å²) in [5.74, 6) is 0. The molecule has 0 radical (unpaired) electrons. The zero-order valence-corrected chi connectivity index (χ0v) is 9.91. The highest BCUT2D eigenvalue weighted by Gasteiger charge is 2.24. The molecule has 84 valence electrons. The maximum Gasteiger partial charge on any atom is 0.156 e. The average Bonchev–Trinajstić information content (AvgIpc) is 2.57. The van der Waals surface area contributed by atoms with Crippen molar-refractivity contribution in [3.05, 3.63) is 23.1 Å². The van der Waals surface area contributed by atoms with Gasteiger partial charge in [0.15, 0.2) is 5.65 Å². The lowest BCUT2D eigenvalue weighted by molar-refractivity contribution is 0.229. The summed E-state index contributed by atoms with van der Waals surface area (Å²) in [6.45, 7) is 5.21. The largest absolute Gasteiger partial charge is 0.340 e. The van der Waals surface area contributed by atoms with Gasteiger partial charge >= 0.3 is 0 Å². The second-order valence-corrected chi connectivity index (χ2v) is 4.76. The van der Waals surface area contributed by atoms with Gasteiger partial charge in [-0.25, -0.2) is 9.97 Å². The SMILES string of the molecule is Cc1cnc2[nH]c3c(c2n1)C[C@H](C)N(C)C3. The highest BCUT2D eigenvalue weighted by atomic mass is 15.1. The summed E-state index contributed by atoms with van der Waals surface area (Å²) in [7, 11) is 2.16. The number of rotatable bonds is 0. The van der Waals surface area contributed by atoms with Gasteiger partial charge in [-0.1, -0.05) is 0 Å². The number of aromatic amines is 1. The summed E-state index contributed by atoms with van der Waals surface area (Å²) in [5, 5.41) is 0. The lowest BCUT2D eigenvalue weighted by atomic mass is 10.0. The van der Waals surface area contributed by atoms with Crippen LogP contribution in [0, 0.1) is 6.92 Å². The fourth-order valence-electron chi connectivity index (χ4n) is 2.35. The Morgan fingerprint density at radius 3 is 3.12 bits per heavy atom. The van der Waals surface area contributed by atoms with Gasteiger partial charge in [0.05, 0.1) is 11.9 Å². The molecule has 1 aliphatic heterocycles. The minimum atomic E-state index is 0.578. The summed E-state index contributed by atoms with van der Waals surface area (Å²) in [6.07, 6.45) is 2.88. The molecule has 1 aliphatic rings. The van der Waals surface area contributed by atoms with Crippen LogP contribution in [-0.4, -0.2) is 32.9 Å². The van der Waals surface area contributed by atoms with E-state index in [4.69, 9.17) is 0 Å². The predicted molar refractivity (Wildman–Crippen MR) is 63.3 cm³/mol. The van der Waals surface area contributed by atoms with Crippen molar-refractivity contribution in [2.24, 2.45) is 0 Å². The predicted octanol–water partition coefficient (Wildman–Crippen LogP) is 1.64. The minimum absolute atomic E-state index is 0.578. The van der Waals surface area contributed by atoms with E-state index in [1.165, 1.54) is 11.3 Å². The van der Waals surface area contributed by atoms with Crippen LogP contribution in [0.2, 0.25) is 0 Å². The first-order valence-electron chi connectivity index (χ1n) is 5.68. The standard InChI is InChI=1S/C12H16N4/c1-7-5-13-12-11(14-7)9-4-8(2)16(3)6-10(9)15-12/h5,8H,4,6H2,1-3H3,(H,13,15)/t8-/m0/s1. The van der Waals surface area contributed by atoms with Crippen molar-refractivity contribution in [3.63, 3.8) is 0 Å². The third kappa shape index (κ3) is 1.33. The zero-order chi connectivity index (χ0) is 11.3. The smallest absolute Gasteiger partial charge is 0.156 e. The van der Waals surface area contributed by atoms with Crippen molar-refractivity contribution in [2.45, 2.75) is 32.9 Å². The summed E-state index contributed by atoms with van der Waals surface area (Å²) >= 11 is 0. The second kappa shape index (κ2) is 3.28. The monoisotopic (exact) mass is 216 g/mol. The first-order chi connectivity index (χ1) is 7.65. The van der Waals surface area contributed by atoms with Crippen LogP contribution in [-0.2, 0) is 13.0 Å². The topological polar surface area (TPSA) is 44.8 Å². The highest BCUT2D eigenvalue weighted by molar-refractivity contribution is 5.77. The number of H-pyrrole nitrogens is 1. The van der Waals surface area contributed by atoms with E-state index in [1.54, 1.807) is 0 Å². The Morgan fingerprint density at radius 2 is 2.31 bits per heavy atom. The van der Waals surface area contributed by atoms with E-state index in [0.717, 1.165) is 29.8 Å². The Bertz CT molecular complexity index is 543. The van der Waals surface area contributed by atoms with Gasteiger partial charge in [-0.05, 0) is 27.3 Å². The number of hydrogen-bond donors (Lipinski definition) is 1. The highest BCUT2D eigenvalue weighted by Crippen LogP contribution is 2.27. The van der Waals surface area contributed by atoms with Gasteiger partial charge in [-0.2, -0.15) is 0 Å². The van der Waals surface area contributed by atoms with Gasteiger partial charge in [0.1, 0.15) is 5.52 Å². The molecule has 2 aromatic rings. The Balaban J connectivity index is 2.21. The van der Waals surface area contributed by atoms with E-state index < -0.39 is 0 Å². The van der Waals surface area contributed by atoms with Crippen LogP contribution >= 0.6 is 0 Å². The molecule has 0 bridgehead atoms. The second-order valence-electron chi connectivity index (χ2n) is 4.76. The molecule has 0 fully saturated rings. The molecule has 3 rings (SSSR count). The Morgan fingerprint density at radius 1 is 1.50 bits per heavy atom. The van der Waals surface area contributed by atoms with E-state index >= 15 is 0 Å². The molecule has 16 heavy (non-hydrogen) atoms. The normalized spacial score (nSPS) is 21.3. The first-order valence-corrected chi connectivity index (χ1v) is 5.68. The number of fused-ring (bicyclic) bond motifs is 3. The average molecular weight is 216 g/mol. The summed E-state index contributed by atoms with van der Waals surface area (Å²) < 4.78 is 0. The number of aromatic nitrogens is 3. The first kappa shape index (κ1) is 9.78. The Labute approximate surface area is 94.7 Å². The molecular formula is C12H16N4. The quantitative estimate of drug-likeness (QED) is 0.728. The van der Waals surface area contributed by atoms with E-state index in [9.17, 15) is 0 Å². The number of nitrogens with one attached hydrogen (secondary N) is 1. The lowest BCUT2D eigenvalue weighted by Gasteiger charge is -2.29. The number of hydrogen-bond acceptors (Lipinski definition) is 3. The van der Waals surface area contributed by atoms with Crippen LogP contribution in [0.15, 0.2) is 6.20 Å². The van der Waals surface area contributed by atoms with Crippen molar-refractivity contribution >= 4 is 11.2 Å². The maximum absolute atomic E-state index is 4.60. The van der Waals surface area contributed by atoms with Crippen LogP contribution in [0.5, 0.6) is 0 Å². The molecule has 1 atom stereocenters. The third-order valence-corrected chi connectivity index (χ3v) is 3.47. The molecule has 4 heteroatoms. The molecule has 0 amide bonds. The van der Waals surface area contributed by atoms with Crippen LogP contribution < -0.4 is 0 Å². The maximum atomic E-state index is 4.60. The van der Waals surface area contributed by atoms with Crippen molar-refractivity contribution in [1.29, 1.82) is 0 Å².